The lowest BCUT2D eigenvalue weighted by Crippen LogP contribution is -2.27. The van der Waals surface area contributed by atoms with E-state index in [9.17, 15) is 4.39 Å². The molecule has 6 nitrogen and oxygen atoms in total. The summed E-state index contributed by atoms with van der Waals surface area (Å²) in [6, 6.07) is 8.83. The molecular weight excluding hydrogens is 355 g/mol. The van der Waals surface area contributed by atoms with E-state index >= 15 is 0 Å². The largest absolute Gasteiger partial charge is 0.367 e. The van der Waals surface area contributed by atoms with Crippen molar-refractivity contribution in [2.75, 3.05) is 10.6 Å². The Kier molecular flexibility index (Phi) is 4.62. The van der Waals surface area contributed by atoms with Crippen molar-refractivity contribution in [2.45, 2.75) is 25.3 Å². The third-order valence-electron chi connectivity index (χ3n) is 4.10. The van der Waals surface area contributed by atoms with Gasteiger partial charge in [0, 0.05) is 18.2 Å². The highest BCUT2D eigenvalue weighted by Gasteiger charge is 2.18. The van der Waals surface area contributed by atoms with E-state index in [1.807, 2.05) is 0 Å². The maximum Gasteiger partial charge on any atom is 0.182 e. The summed E-state index contributed by atoms with van der Waals surface area (Å²) in [7, 11) is 0. The second-order valence-electron chi connectivity index (χ2n) is 6.10. The smallest absolute Gasteiger partial charge is 0.182 e. The molecule has 0 amide bonds. The minimum Gasteiger partial charge on any atom is -0.367 e. The van der Waals surface area contributed by atoms with Gasteiger partial charge in [-0.05, 0) is 31.4 Å². The first-order valence-electron chi connectivity index (χ1n) is 8.32. The van der Waals surface area contributed by atoms with Gasteiger partial charge in [-0.25, -0.2) is 19.3 Å². The minimum absolute atomic E-state index is 0.368. The van der Waals surface area contributed by atoms with Crippen LogP contribution in [0.25, 0.3) is 11.5 Å². The number of anilines is 3. The fraction of sp³-hybridized carbons (Fsp3) is 0.222. The van der Waals surface area contributed by atoms with Gasteiger partial charge in [-0.3, -0.25) is 4.98 Å². The molecule has 0 radical (unpaired) electrons. The van der Waals surface area contributed by atoms with E-state index in [2.05, 4.69) is 30.6 Å². The lowest BCUT2D eigenvalue weighted by Gasteiger charge is -2.27. The van der Waals surface area contributed by atoms with Crippen molar-refractivity contribution >= 4 is 28.9 Å². The summed E-state index contributed by atoms with van der Waals surface area (Å²) in [5.74, 6) is 1.22. The van der Waals surface area contributed by atoms with Gasteiger partial charge in [0.1, 0.15) is 28.3 Å². The van der Waals surface area contributed by atoms with E-state index in [0.29, 0.717) is 40.0 Å². The third kappa shape index (κ3) is 3.88. The zero-order valence-electron chi connectivity index (χ0n) is 13.8. The van der Waals surface area contributed by atoms with Gasteiger partial charge in [-0.1, -0.05) is 17.7 Å². The number of hydrogen-bond donors (Lipinski definition) is 2. The summed E-state index contributed by atoms with van der Waals surface area (Å²) in [5, 5.41) is 6.83. The molecular formula is C18H16ClFN6. The Hall–Kier alpha value is -2.80. The number of nitrogens with one attached hydrogen (secondary N) is 2. The van der Waals surface area contributed by atoms with Crippen LogP contribution in [-0.2, 0) is 0 Å². The lowest BCUT2D eigenvalue weighted by molar-refractivity contribution is 0.444. The third-order valence-corrected chi connectivity index (χ3v) is 4.32. The molecule has 3 heterocycles. The molecule has 1 saturated carbocycles. The van der Waals surface area contributed by atoms with Crippen LogP contribution in [0.2, 0.25) is 5.15 Å². The molecule has 0 aromatic carbocycles. The van der Waals surface area contributed by atoms with Crippen molar-refractivity contribution in [3.63, 3.8) is 0 Å². The van der Waals surface area contributed by atoms with Gasteiger partial charge in [-0.15, -0.1) is 0 Å². The highest BCUT2D eigenvalue weighted by atomic mass is 35.5. The molecule has 2 N–H and O–H groups in total. The van der Waals surface area contributed by atoms with E-state index in [4.69, 9.17) is 11.6 Å². The first kappa shape index (κ1) is 16.7. The molecule has 1 aliphatic carbocycles. The number of rotatable bonds is 5. The minimum atomic E-state index is -0.423. The van der Waals surface area contributed by atoms with Gasteiger partial charge in [-0.2, -0.15) is 0 Å². The topological polar surface area (TPSA) is 75.6 Å². The average molecular weight is 371 g/mol. The molecule has 26 heavy (non-hydrogen) atoms. The molecule has 3 aromatic heterocycles. The van der Waals surface area contributed by atoms with Crippen LogP contribution >= 0.6 is 11.6 Å². The van der Waals surface area contributed by atoms with Crippen LogP contribution < -0.4 is 10.6 Å². The fourth-order valence-corrected chi connectivity index (χ4v) is 2.79. The predicted octanol–water partition coefficient (Wildman–Crippen LogP) is 4.43. The molecule has 0 spiro atoms. The van der Waals surface area contributed by atoms with Gasteiger partial charge in [0.05, 0.1) is 18.1 Å². The summed E-state index contributed by atoms with van der Waals surface area (Å²) in [5.41, 5.74) is 1.07. The Morgan fingerprint density at radius 1 is 1.04 bits per heavy atom. The Morgan fingerprint density at radius 3 is 2.62 bits per heavy atom. The van der Waals surface area contributed by atoms with Crippen molar-refractivity contribution in [1.82, 2.24) is 19.9 Å². The Labute approximate surface area is 154 Å². The summed E-state index contributed by atoms with van der Waals surface area (Å²) >= 11 is 5.99. The van der Waals surface area contributed by atoms with E-state index in [-0.39, 0.29) is 0 Å². The highest BCUT2D eigenvalue weighted by molar-refractivity contribution is 6.29. The maximum atomic E-state index is 13.4. The van der Waals surface area contributed by atoms with Crippen LogP contribution in [0.15, 0.2) is 42.7 Å². The first-order chi connectivity index (χ1) is 12.7. The Bertz CT molecular complexity index is 931. The molecule has 1 aliphatic rings. The van der Waals surface area contributed by atoms with Crippen LogP contribution in [-0.4, -0.2) is 26.0 Å². The molecule has 0 atom stereocenters. The average Bonchev–Trinajstić information content (AvgIpc) is 2.58. The molecule has 4 rings (SSSR count). The van der Waals surface area contributed by atoms with Crippen LogP contribution in [0, 0.1) is 5.82 Å². The molecule has 0 unspecified atom stereocenters. The van der Waals surface area contributed by atoms with Gasteiger partial charge >= 0.3 is 0 Å². The van der Waals surface area contributed by atoms with Crippen molar-refractivity contribution in [1.29, 1.82) is 0 Å². The van der Waals surface area contributed by atoms with Gasteiger partial charge < -0.3 is 10.6 Å². The van der Waals surface area contributed by atoms with Crippen molar-refractivity contribution in [3.05, 3.63) is 53.7 Å². The van der Waals surface area contributed by atoms with Crippen LogP contribution in [0.3, 0.4) is 0 Å². The Morgan fingerprint density at radius 2 is 1.88 bits per heavy atom. The van der Waals surface area contributed by atoms with Gasteiger partial charge in [0.25, 0.3) is 0 Å². The van der Waals surface area contributed by atoms with E-state index < -0.39 is 5.82 Å². The van der Waals surface area contributed by atoms with Crippen LogP contribution in [0.4, 0.5) is 21.7 Å². The monoisotopic (exact) mass is 370 g/mol. The Balaban J connectivity index is 1.69. The normalized spacial score (nSPS) is 13.9. The number of hydrogen-bond acceptors (Lipinski definition) is 6. The second-order valence-corrected chi connectivity index (χ2v) is 6.48. The summed E-state index contributed by atoms with van der Waals surface area (Å²) < 4.78 is 13.4. The van der Waals surface area contributed by atoms with Crippen LogP contribution in [0.5, 0.6) is 0 Å². The lowest BCUT2D eigenvalue weighted by atomic mass is 9.93. The van der Waals surface area contributed by atoms with Crippen molar-refractivity contribution < 1.29 is 4.39 Å². The van der Waals surface area contributed by atoms with E-state index in [1.54, 1.807) is 24.3 Å². The number of halogens is 2. The number of nitrogens with zero attached hydrogens (tertiary/aromatic N) is 4. The van der Waals surface area contributed by atoms with Crippen LogP contribution in [0.1, 0.15) is 19.3 Å². The second kappa shape index (κ2) is 7.21. The molecule has 132 valence electrons. The molecule has 8 heteroatoms. The zero-order valence-corrected chi connectivity index (χ0v) is 14.5. The molecule has 0 aliphatic heterocycles. The molecule has 1 fully saturated rings. The SMILES string of the molecule is Fc1cncc(Nc2cc(NC3CCC3)nc(-c3cccc(Cl)n3)n2)c1. The first-order valence-corrected chi connectivity index (χ1v) is 8.70. The molecule has 3 aromatic rings. The maximum absolute atomic E-state index is 13.4. The molecule has 0 saturated heterocycles. The quantitative estimate of drug-likeness (QED) is 0.647. The van der Waals surface area contributed by atoms with E-state index in [0.717, 1.165) is 19.0 Å². The van der Waals surface area contributed by atoms with Gasteiger partial charge in [0.15, 0.2) is 5.82 Å². The van der Waals surface area contributed by atoms with E-state index in [1.165, 1.54) is 18.7 Å². The standard InChI is InChI=1S/C18H16ClFN6/c19-15-6-2-5-14(24-15)18-25-16(22-12-3-1-4-12)8-17(26-18)23-13-7-11(20)9-21-10-13/h2,5-10,12H,1,3-4H2,(H2,22,23,25,26). The number of pyridine rings is 2. The summed E-state index contributed by atoms with van der Waals surface area (Å²) in [4.78, 5) is 17.2. The zero-order chi connectivity index (χ0) is 17.9. The highest BCUT2D eigenvalue weighted by Crippen LogP contribution is 2.26. The summed E-state index contributed by atoms with van der Waals surface area (Å²) in [6.07, 6.45) is 6.12. The number of aromatic nitrogens is 4. The van der Waals surface area contributed by atoms with Crippen molar-refractivity contribution in [2.24, 2.45) is 0 Å². The molecule has 0 bridgehead atoms. The fourth-order valence-electron chi connectivity index (χ4n) is 2.62. The predicted molar refractivity (Wildman–Crippen MR) is 99.0 cm³/mol. The van der Waals surface area contributed by atoms with Gasteiger partial charge in [0.2, 0.25) is 0 Å². The van der Waals surface area contributed by atoms with Crippen molar-refractivity contribution in [3.8, 4) is 11.5 Å². The summed E-state index contributed by atoms with van der Waals surface area (Å²) in [6.45, 7) is 0.